The van der Waals surface area contributed by atoms with Gasteiger partial charge in [0.25, 0.3) is 5.91 Å². The molecule has 0 atom stereocenters. The Morgan fingerprint density at radius 1 is 1.29 bits per heavy atom. The first kappa shape index (κ1) is 15.4. The summed E-state index contributed by atoms with van der Waals surface area (Å²) in [6.07, 6.45) is 0. The molecule has 6 heteroatoms. The Hall–Kier alpha value is -1.98. The number of likely N-dealkylation sites (tertiary alicyclic amines) is 1. The van der Waals surface area contributed by atoms with Gasteiger partial charge >= 0.3 is 0 Å². The summed E-state index contributed by atoms with van der Waals surface area (Å²) in [5.74, 6) is -2.35. The number of amides is 2. The summed E-state index contributed by atoms with van der Waals surface area (Å²) >= 11 is 0. The topological polar surface area (TPSA) is 49.4 Å². The monoisotopic (exact) mass is 296 g/mol. The number of carbonyl (C=O) groups excluding carboxylic acids is 2. The highest BCUT2D eigenvalue weighted by Crippen LogP contribution is 2.20. The summed E-state index contributed by atoms with van der Waals surface area (Å²) in [6, 6.07) is 3.05. The van der Waals surface area contributed by atoms with Gasteiger partial charge in [-0.2, -0.15) is 0 Å². The minimum Gasteiger partial charge on any atom is -0.355 e. The molecule has 4 nitrogen and oxygen atoms in total. The Balaban J connectivity index is 1.87. The van der Waals surface area contributed by atoms with Crippen molar-refractivity contribution in [1.82, 2.24) is 10.2 Å². The van der Waals surface area contributed by atoms with Crippen molar-refractivity contribution in [2.75, 3.05) is 19.6 Å². The molecule has 1 saturated heterocycles. The van der Waals surface area contributed by atoms with Crippen LogP contribution >= 0.6 is 0 Å². The highest BCUT2D eigenvalue weighted by molar-refractivity contribution is 5.96. The third-order valence-electron chi connectivity index (χ3n) is 3.39. The van der Waals surface area contributed by atoms with Crippen molar-refractivity contribution in [3.63, 3.8) is 0 Å². The molecule has 1 heterocycles. The van der Waals surface area contributed by atoms with Gasteiger partial charge in [-0.25, -0.2) is 8.78 Å². The van der Waals surface area contributed by atoms with Gasteiger partial charge in [-0.05, 0) is 24.1 Å². The first-order chi connectivity index (χ1) is 9.88. The van der Waals surface area contributed by atoms with E-state index in [1.165, 1.54) is 11.0 Å². The van der Waals surface area contributed by atoms with Gasteiger partial charge < -0.3 is 10.2 Å². The lowest BCUT2D eigenvalue weighted by molar-refractivity contribution is -0.129. The van der Waals surface area contributed by atoms with Crippen molar-refractivity contribution >= 4 is 11.8 Å². The molecule has 114 valence electrons. The molecule has 0 radical (unpaired) electrons. The lowest BCUT2D eigenvalue weighted by Gasteiger charge is -2.38. The molecule has 1 aromatic rings. The van der Waals surface area contributed by atoms with Crippen LogP contribution in [0.3, 0.4) is 0 Å². The second kappa shape index (κ2) is 6.20. The first-order valence-electron chi connectivity index (χ1n) is 6.90. The molecule has 21 heavy (non-hydrogen) atoms. The molecule has 2 amide bonds. The van der Waals surface area contributed by atoms with Crippen LogP contribution < -0.4 is 5.32 Å². The summed E-state index contributed by atoms with van der Waals surface area (Å²) < 4.78 is 25.9. The zero-order chi connectivity index (χ0) is 15.6. The number of nitrogens with zero attached hydrogens (tertiary/aromatic N) is 1. The molecule has 0 aromatic heterocycles. The van der Waals surface area contributed by atoms with Crippen molar-refractivity contribution in [3.05, 3.63) is 35.4 Å². The molecule has 0 unspecified atom stereocenters. The molecule has 0 aliphatic carbocycles. The molecule has 1 fully saturated rings. The van der Waals surface area contributed by atoms with E-state index in [-0.39, 0.29) is 23.3 Å². The number of carbonyl (C=O) groups is 2. The van der Waals surface area contributed by atoms with Crippen molar-refractivity contribution in [1.29, 1.82) is 0 Å². The van der Waals surface area contributed by atoms with Crippen LogP contribution in [0.5, 0.6) is 0 Å². The van der Waals surface area contributed by atoms with Crippen LogP contribution in [0.1, 0.15) is 24.2 Å². The van der Waals surface area contributed by atoms with Crippen LogP contribution in [0.15, 0.2) is 18.2 Å². The van der Waals surface area contributed by atoms with Gasteiger partial charge in [-0.3, -0.25) is 9.59 Å². The average Bonchev–Trinajstić information content (AvgIpc) is 2.37. The van der Waals surface area contributed by atoms with E-state index in [1.807, 2.05) is 13.8 Å². The molecule has 2 rings (SSSR count). The third kappa shape index (κ3) is 3.56. The zero-order valence-electron chi connectivity index (χ0n) is 12.0. The summed E-state index contributed by atoms with van der Waals surface area (Å²) in [4.78, 5) is 25.3. The molecular weight excluding hydrogens is 278 g/mol. The van der Waals surface area contributed by atoms with E-state index in [0.29, 0.717) is 25.6 Å². The van der Waals surface area contributed by atoms with E-state index < -0.39 is 11.6 Å². The summed E-state index contributed by atoms with van der Waals surface area (Å²) in [5, 5.41) is 2.81. The van der Waals surface area contributed by atoms with E-state index >= 15 is 0 Å². The molecule has 0 spiro atoms. The SMILES string of the molecule is CC(C)CNC(=O)C1CN(C(=O)c2ccc(F)c(F)c2)C1. The van der Waals surface area contributed by atoms with Crippen molar-refractivity contribution in [2.45, 2.75) is 13.8 Å². The smallest absolute Gasteiger partial charge is 0.254 e. The fourth-order valence-corrected chi connectivity index (χ4v) is 2.07. The largest absolute Gasteiger partial charge is 0.355 e. The standard InChI is InChI=1S/C15H18F2N2O2/c1-9(2)6-18-14(20)11-7-19(8-11)15(21)10-3-4-12(16)13(17)5-10/h3-5,9,11H,6-8H2,1-2H3,(H,18,20). The molecule has 1 N–H and O–H groups in total. The van der Waals surface area contributed by atoms with Gasteiger partial charge in [-0.15, -0.1) is 0 Å². The minimum atomic E-state index is -1.05. The van der Waals surface area contributed by atoms with E-state index in [4.69, 9.17) is 0 Å². The first-order valence-corrected chi connectivity index (χ1v) is 6.90. The fourth-order valence-electron chi connectivity index (χ4n) is 2.07. The van der Waals surface area contributed by atoms with E-state index in [9.17, 15) is 18.4 Å². The number of halogens is 2. The number of nitrogens with one attached hydrogen (secondary N) is 1. The maximum atomic E-state index is 13.1. The maximum absolute atomic E-state index is 13.1. The normalized spacial score (nSPS) is 15.0. The number of hydrogen-bond acceptors (Lipinski definition) is 2. The third-order valence-corrected chi connectivity index (χ3v) is 3.39. The Labute approximate surface area is 122 Å². The van der Waals surface area contributed by atoms with Crippen molar-refractivity contribution < 1.29 is 18.4 Å². The van der Waals surface area contributed by atoms with Crippen molar-refractivity contribution in [3.8, 4) is 0 Å². The van der Waals surface area contributed by atoms with Gasteiger partial charge in [0.2, 0.25) is 5.91 Å². The van der Waals surface area contributed by atoms with Gasteiger partial charge in [0.15, 0.2) is 11.6 Å². The van der Waals surface area contributed by atoms with Crippen molar-refractivity contribution in [2.24, 2.45) is 11.8 Å². The molecule has 0 saturated carbocycles. The van der Waals surface area contributed by atoms with Crippen LogP contribution in [0.2, 0.25) is 0 Å². The van der Waals surface area contributed by atoms with Crippen LogP contribution in [-0.2, 0) is 4.79 Å². The molecule has 1 aliphatic heterocycles. The van der Waals surface area contributed by atoms with Gasteiger partial charge in [0, 0.05) is 25.2 Å². The van der Waals surface area contributed by atoms with E-state index in [1.54, 1.807) is 0 Å². The van der Waals surface area contributed by atoms with Crippen LogP contribution in [0.4, 0.5) is 8.78 Å². The lowest BCUT2D eigenvalue weighted by atomic mass is 9.97. The maximum Gasteiger partial charge on any atom is 0.254 e. The summed E-state index contributed by atoms with van der Waals surface area (Å²) in [6.45, 7) is 5.22. The quantitative estimate of drug-likeness (QED) is 0.921. The van der Waals surface area contributed by atoms with Crippen LogP contribution in [0.25, 0.3) is 0 Å². The number of rotatable bonds is 4. The Morgan fingerprint density at radius 3 is 2.52 bits per heavy atom. The van der Waals surface area contributed by atoms with E-state index in [0.717, 1.165) is 12.1 Å². The Bertz CT molecular complexity index is 555. The second-order valence-electron chi connectivity index (χ2n) is 5.67. The number of hydrogen-bond donors (Lipinski definition) is 1. The average molecular weight is 296 g/mol. The van der Waals surface area contributed by atoms with Crippen LogP contribution in [-0.4, -0.2) is 36.3 Å². The van der Waals surface area contributed by atoms with Gasteiger partial charge in [0.1, 0.15) is 0 Å². The molecule has 1 aromatic carbocycles. The summed E-state index contributed by atoms with van der Waals surface area (Å²) in [5.41, 5.74) is 0.0925. The minimum absolute atomic E-state index is 0.0713. The Kier molecular flexibility index (Phi) is 4.55. The van der Waals surface area contributed by atoms with Gasteiger partial charge in [0.05, 0.1) is 5.92 Å². The molecular formula is C15H18F2N2O2. The van der Waals surface area contributed by atoms with Crippen LogP contribution in [0, 0.1) is 23.5 Å². The van der Waals surface area contributed by atoms with E-state index in [2.05, 4.69) is 5.32 Å². The second-order valence-corrected chi connectivity index (χ2v) is 5.67. The highest BCUT2D eigenvalue weighted by atomic mass is 19.2. The predicted octanol–water partition coefficient (Wildman–Crippen LogP) is 1.81. The molecule has 0 bridgehead atoms. The predicted molar refractivity (Wildman–Crippen MR) is 73.6 cm³/mol. The molecule has 1 aliphatic rings. The fraction of sp³-hybridized carbons (Fsp3) is 0.467. The zero-order valence-corrected chi connectivity index (χ0v) is 12.0. The van der Waals surface area contributed by atoms with Gasteiger partial charge in [-0.1, -0.05) is 13.8 Å². The Morgan fingerprint density at radius 2 is 1.95 bits per heavy atom. The lowest BCUT2D eigenvalue weighted by Crippen LogP contribution is -2.56. The summed E-state index contributed by atoms with van der Waals surface area (Å²) in [7, 11) is 0. The highest BCUT2D eigenvalue weighted by Gasteiger charge is 2.36. The number of benzene rings is 1.